The van der Waals surface area contributed by atoms with Crippen LogP contribution in [0.5, 0.6) is 5.75 Å². The van der Waals surface area contributed by atoms with E-state index in [4.69, 9.17) is 16.3 Å². The minimum atomic E-state index is 0.0198. The van der Waals surface area contributed by atoms with Gasteiger partial charge in [0, 0.05) is 10.8 Å². The lowest BCUT2D eigenvalue weighted by molar-refractivity contribution is 0.265. The van der Waals surface area contributed by atoms with Gasteiger partial charge in [-0.25, -0.2) is 0 Å². The number of fused-ring (bicyclic) bond motifs is 1. The Balaban J connectivity index is 1.94. The summed E-state index contributed by atoms with van der Waals surface area (Å²) < 4.78 is 6.81. The fraction of sp³-hybridized carbons (Fsp3) is 0.286. The lowest BCUT2D eigenvalue weighted by Gasteiger charge is -2.28. The van der Waals surface area contributed by atoms with Crippen LogP contribution in [0.25, 0.3) is 0 Å². The summed E-state index contributed by atoms with van der Waals surface area (Å²) in [6, 6.07) is 12.4. The van der Waals surface area contributed by atoms with E-state index in [0.29, 0.717) is 5.92 Å². The highest BCUT2D eigenvalue weighted by Gasteiger charge is 2.29. The Morgan fingerprint density at radius 1 is 1.28 bits per heavy atom. The molecule has 2 unspecified atom stereocenters. The van der Waals surface area contributed by atoms with Crippen molar-refractivity contribution in [3.8, 4) is 5.75 Å². The SMILES string of the molecule is ClC(c1ccc(Br)s1)C1CCOc2ccccc21. The maximum absolute atomic E-state index is 6.66. The molecule has 0 aliphatic carbocycles. The summed E-state index contributed by atoms with van der Waals surface area (Å²) in [5.41, 5.74) is 1.23. The Morgan fingerprint density at radius 3 is 2.89 bits per heavy atom. The van der Waals surface area contributed by atoms with E-state index >= 15 is 0 Å². The largest absolute Gasteiger partial charge is 0.493 e. The number of ether oxygens (including phenoxy) is 1. The number of thiophene rings is 1. The number of halogens is 2. The molecule has 0 bridgehead atoms. The first-order valence-corrected chi connectivity index (χ1v) is 7.91. The predicted molar refractivity (Wildman–Crippen MR) is 79.9 cm³/mol. The summed E-state index contributed by atoms with van der Waals surface area (Å²) in [6.07, 6.45) is 0.973. The number of hydrogen-bond donors (Lipinski definition) is 0. The molecular formula is C14H12BrClOS. The van der Waals surface area contributed by atoms with E-state index in [-0.39, 0.29) is 5.38 Å². The zero-order valence-corrected chi connectivity index (χ0v) is 12.8. The Hall–Kier alpha value is -0.510. The molecule has 1 aromatic carbocycles. The molecule has 3 rings (SSSR count). The van der Waals surface area contributed by atoms with Crippen molar-refractivity contribution in [3.63, 3.8) is 0 Å². The monoisotopic (exact) mass is 342 g/mol. The highest BCUT2D eigenvalue weighted by molar-refractivity contribution is 9.11. The molecule has 1 aliphatic heterocycles. The minimum absolute atomic E-state index is 0.0198. The molecule has 0 fully saturated rings. The van der Waals surface area contributed by atoms with Crippen LogP contribution in [-0.4, -0.2) is 6.61 Å². The third kappa shape index (κ3) is 2.31. The number of benzene rings is 1. The van der Waals surface area contributed by atoms with Gasteiger partial charge in [0.25, 0.3) is 0 Å². The van der Waals surface area contributed by atoms with Crippen molar-refractivity contribution in [2.75, 3.05) is 6.61 Å². The van der Waals surface area contributed by atoms with Gasteiger partial charge >= 0.3 is 0 Å². The number of hydrogen-bond acceptors (Lipinski definition) is 2. The molecule has 4 heteroatoms. The Kier molecular flexibility index (Phi) is 3.64. The first-order valence-electron chi connectivity index (χ1n) is 5.87. The molecule has 18 heavy (non-hydrogen) atoms. The van der Waals surface area contributed by atoms with Crippen LogP contribution < -0.4 is 4.74 Å². The van der Waals surface area contributed by atoms with E-state index in [0.717, 1.165) is 22.6 Å². The standard InChI is InChI=1S/C14H12BrClOS/c15-13-6-5-12(18-13)14(16)10-7-8-17-11-4-2-1-3-9(10)11/h1-6,10,14H,7-8H2. The van der Waals surface area contributed by atoms with Gasteiger partial charge in [-0.2, -0.15) is 0 Å². The molecule has 0 spiro atoms. The van der Waals surface area contributed by atoms with Crippen LogP contribution >= 0.6 is 38.9 Å². The van der Waals surface area contributed by atoms with E-state index in [1.165, 1.54) is 10.4 Å². The highest BCUT2D eigenvalue weighted by atomic mass is 79.9. The normalized spacial score (nSPS) is 20.0. The van der Waals surface area contributed by atoms with Gasteiger partial charge < -0.3 is 4.74 Å². The van der Waals surface area contributed by atoms with Crippen molar-refractivity contribution in [1.29, 1.82) is 0 Å². The summed E-state index contributed by atoms with van der Waals surface area (Å²) in [4.78, 5) is 1.21. The molecule has 0 saturated carbocycles. The summed E-state index contributed by atoms with van der Waals surface area (Å²) in [5, 5.41) is 0.0198. The second-order valence-corrected chi connectivity index (χ2v) is 7.29. The summed E-state index contributed by atoms with van der Waals surface area (Å²) in [5.74, 6) is 1.32. The summed E-state index contributed by atoms with van der Waals surface area (Å²) in [7, 11) is 0. The fourth-order valence-electron chi connectivity index (χ4n) is 2.35. The van der Waals surface area contributed by atoms with Crippen LogP contribution in [0, 0.1) is 0 Å². The van der Waals surface area contributed by atoms with E-state index in [9.17, 15) is 0 Å². The molecule has 2 atom stereocenters. The third-order valence-corrected chi connectivity index (χ3v) is 5.60. The van der Waals surface area contributed by atoms with E-state index in [1.54, 1.807) is 11.3 Å². The van der Waals surface area contributed by atoms with Gasteiger partial charge in [0.05, 0.1) is 15.8 Å². The quantitative estimate of drug-likeness (QED) is 0.667. The van der Waals surface area contributed by atoms with Gasteiger partial charge in [-0.1, -0.05) is 18.2 Å². The molecule has 2 heterocycles. The second-order valence-electron chi connectivity index (χ2n) is 4.33. The Morgan fingerprint density at radius 2 is 2.11 bits per heavy atom. The van der Waals surface area contributed by atoms with Crippen molar-refractivity contribution in [3.05, 3.63) is 50.6 Å². The molecule has 2 aromatic rings. The van der Waals surface area contributed by atoms with Gasteiger partial charge in [0.15, 0.2) is 0 Å². The lowest BCUT2D eigenvalue weighted by atomic mass is 9.89. The molecular weight excluding hydrogens is 332 g/mol. The smallest absolute Gasteiger partial charge is 0.122 e. The summed E-state index contributed by atoms with van der Waals surface area (Å²) in [6.45, 7) is 0.747. The average molecular weight is 344 g/mol. The van der Waals surface area contributed by atoms with Crippen molar-refractivity contribution in [2.45, 2.75) is 17.7 Å². The molecule has 1 aliphatic rings. The molecule has 94 valence electrons. The van der Waals surface area contributed by atoms with Crippen LogP contribution in [0.3, 0.4) is 0 Å². The van der Waals surface area contributed by atoms with Crippen LogP contribution in [0.15, 0.2) is 40.2 Å². The van der Waals surface area contributed by atoms with Gasteiger partial charge in [-0.05, 0) is 46.1 Å². The fourth-order valence-corrected chi connectivity index (χ4v) is 4.28. The third-order valence-electron chi connectivity index (χ3n) is 3.22. The average Bonchev–Trinajstić information content (AvgIpc) is 2.84. The van der Waals surface area contributed by atoms with E-state index < -0.39 is 0 Å². The minimum Gasteiger partial charge on any atom is -0.493 e. The van der Waals surface area contributed by atoms with Crippen molar-refractivity contribution < 1.29 is 4.74 Å². The summed E-state index contributed by atoms with van der Waals surface area (Å²) >= 11 is 11.9. The molecule has 0 amide bonds. The van der Waals surface area contributed by atoms with Crippen LogP contribution in [0.1, 0.15) is 28.2 Å². The van der Waals surface area contributed by atoms with Crippen LogP contribution in [-0.2, 0) is 0 Å². The zero-order chi connectivity index (χ0) is 12.5. The maximum atomic E-state index is 6.66. The number of para-hydroxylation sites is 1. The predicted octanol–water partition coefficient (Wildman–Crippen LogP) is 5.36. The topological polar surface area (TPSA) is 9.23 Å². The Labute approximate surface area is 124 Å². The number of rotatable bonds is 2. The zero-order valence-electron chi connectivity index (χ0n) is 9.61. The molecule has 0 saturated heterocycles. The van der Waals surface area contributed by atoms with Crippen molar-refractivity contribution in [2.24, 2.45) is 0 Å². The van der Waals surface area contributed by atoms with Gasteiger partial charge in [0.2, 0.25) is 0 Å². The van der Waals surface area contributed by atoms with Gasteiger partial charge in [0.1, 0.15) is 5.75 Å². The van der Waals surface area contributed by atoms with Crippen molar-refractivity contribution >= 4 is 38.9 Å². The van der Waals surface area contributed by atoms with Crippen LogP contribution in [0.4, 0.5) is 0 Å². The maximum Gasteiger partial charge on any atom is 0.122 e. The van der Waals surface area contributed by atoms with Gasteiger partial charge in [-0.15, -0.1) is 22.9 Å². The second kappa shape index (κ2) is 5.24. The lowest BCUT2D eigenvalue weighted by Crippen LogP contribution is -2.17. The van der Waals surface area contributed by atoms with Crippen molar-refractivity contribution in [1.82, 2.24) is 0 Å². The first kappa shape index (κ1) is 12.5. The molecule has 0 radical (unpaired) electrons. The van der Waals surface area contributed by atoms with Gasteiger partial charge in [-0.3, -0.25) is 0 Å². The highest BCUT2D eigenvalue weighted by Crippen LogP contribution is 2.46. The van der Waals surface area contributed by atoms with E-state index in [1.807, 2.05) is 12.1 Å². The molecule has 1 nitrogen and oxygen atoms in total. The number of alkyl halides is 1. The molecule has 0 N–H and O–H groups in total. The molecule has 1 aromatic heterocycles. The van der Waals surface area contributed by atoms with Crippen LogP contribution in [0.2, 0.25) is 0 Å². The first-order chi connectivity index (χ1) is 8.75. The Bertz CT molecular complexity index is 554. The van der Waals surface area contributed by atoms with E-state index in [2.05, 4.69) is 40.2 Å².